The highest BCUT2D eigenvalue weighted by Gasteiger charge is 2.28. The predicted molar refractivity (Wildman–Crippen MR) is 74.3 cm³/mol. The number of para-hydroxylation sites is 1. The van der Waals surface area contributed by atoms with Crippen LogP contribution in [0.15, 0.2) is 36.0 Å². The molecule has 100 valence electrons. The summed E-state index contributed by atoms with van der Waals surface area (Å²) in [5, 5.41) is 0.604. The van der Waals surface area contributed by atoms with Crippen LogP contribution in [0.4, 0.5) is 5.69 Å². The Hall–Kier alpha value is -1.52. The van der Waals surface area contributed by atoms with Gasteiger partial charge < -0.3 is 14.5 Å². The van der Waals surface area contributed by atoms with Crippen molar-refractivity contribution in [3.8, 4) is 0 Å². The lowest BCUT2D eigenvalue weighted by atomic mass is 10.3. The van der Waals surface area contributed by atoms with Gasteiger partial charge in [-0.2, -0.15) is 0 Å². The maximum Gasteiger partial charge on any atom is 0.253 e. The highest BCUT2D eigenvalue weighted by atomic mass is 35.5. The van der Waals surface area contributed by atoms with Gasteiger partial charge in [-0.3, -0.25) is 4.79 Å². The Bertz CT molecular complexity index is 524. The number of carbonyl (C=O) groups excluding carboxylic acids is 1. The van der Waals surface area contributed by atoms with Crippen LogP contribution >= 0.6 is 11.6 Å². The van der Waals surface area contributed by atoms with Crippen molar-refractivity contribution in [3.05, 3.63) is 41.1 Å². The molecule has 0 bridgehead atoms. The van der Waals surface area contributed by atoms with Gasteiger partial charge in [0.05, 0.1) is 30.5 Å². The minimum absolute atomic E-state index is 0.00501. The van der Waals surface area contributed by atoms with Gasteiger partial charge in [0.1, 0.15) is 0 Å². The number of carbonyl (C=O) groups is 1. The minimum Gasteiger partial charge on any atom is -0.378 e. The van der Waals surface area contributed by atoms with E-state index in [1.54, 1.807) is 17.0 Å². The van der Waals surface area contributed by atoms with Crippen LogP contribution in [0.2, 0.25) is 5.02 Å². The zero-order valence-electron chi connectivity index (χ0n) is 10.5. The van der Waals surface area contributed by atoms with Crippen LogP contribution in [-0.4, -0.2) is 43.7 Å². The molecule has 2 aliphatic heterocycles. The fourth-order valence-electron chi connectivity index (χ4n) is 2.42. The van der Waals surface area contributed by atoms with Crippen molar-refractivity contribution in [2.75, 3.05) is 37.7 Å². The van der Waals surface area contributed by atoms with Gasteiger partial charge in [-0.25, -0.2) is 0 Å². The van der Waals surface area contributed by atoms with Gasteiger partial charge in [0.25, 0.3) is 5.91 Å². The summed E-state index contributed by atoms with van der Waals surface area (Å²) in [6.07, 6.45) is 1.70. The number of halogens is 1. The number of benzene rings is 1. The second-order valence-corrected chi connectivity index (χ2v) is 5.02. The SMILES string of the molecule is O=C1C=C(N2CCOCC2)CN1c1ccccc1Cl. The molecule has 0 unspecified atom stereocenters. The number of morpholine rings is 1. The largest absolute Gasteiger partial charge is 0.378 e. The second-order valence-electron chi connectivity index (χ2n) is 4.61. The average Bonchev–Trinajstić information content (AvgIpc) is 2.82. The van der Waals surface area contributed by atoms with E-state index in [0.717, 1.165) is 37.7 Å². The van der Waals surface area contributed by atoms with E-state index in [4.69, 9.17) is 16.3 Å². The van der Waals surface area contributed by atoms with Crippen LogP contribution in [-0.2, 0) is 9.53 Å². The summed E-state index contributed by atoms with van der Waals surface area (Å²) >= 11 is 6.15. The van der Waals surface area contributed by atoms with Crippen molar-refractivity contribution in [1.29, 1.82) is 0 Å². The first-order valence-corrected chi connectivity index (χ1v) is 6.73. The third-order valence-corrected chi connectivity index (χ3v) is 3.76. The van der Waals surface area contributed by atoms with Crippen LogP contribution in [0.1, 0.15) is 0 Å². The zero-order valence-corrected chi connectivity index (χ0v) is 11.3. The second kappa shape index (κ2) is 5.23. The number of ether oxygens (including phenoxy) is 1. The van der Waals surface area contributed by atoms with Crippen molar-refractivity contribution >= 4 is 23.2 Å². The first-order chi connectivity index (χ1) is 9.25. The molecule has 1 fully saturated rings. The molecule has 0 aromatic heterocycles. The molecule has 2 heterocycles. The Kier molecular flexibility index (Phi) is 3.44. The number of hydrogen-bond donors (Lipinski definition) is 0. The van der Waals surface area contributed by atoms with Crippen LogP contribution < -0.4 is 4.90 Å². The zero-order chi connectivity index (χ0) is 13.2. The molecule has 0 N–H and O–H groups in total. The summed E-state index contributed by atoms with van der Waals surface area (Å²) in [6.45, 7) is 3.71. The molecule has 0 atom stereocenters. The quantitative estimate of drug-likeness (QED) is 0.828. The molecule has 0 aliphatic carbocycles. The van der Waals surface area contributed by atoms with E-state index in [1.807, 2.05) is 18.2 Å². The average molecular weight is 279 g/mol. The lowest BCUT2D eigenvalue weighted by Gasteiger charge is -2.30. The molecule has 1 aromatic carbocycles. The molecule has 0 radical (unpaired) electrons. The fraction of sp³-hybridized carbons (Fsp3) is 0.357. The molecule has 5 heteroatoms. The smallest absolute Gasteiger partial charge is 0.253 e. The number of nitrogens with zero attached hydrogens (tertiary/aromatic N) is 2. The van der Waals surface area contributed by atoms with Gasteiger partial charge in [0.15, 0.2) is 0 Å². The number of hydrogen-bond acceptors (Lipinski definition) is 3. The maximum absolute atomic E-state index is 12.1. The lowest BCUT2D eigenvalue weighted by Crippen LogP contribution is -2.37. The molecular formula is C14H15ClN2O2. The Morgan fingerprint density at radius 3 is 2.63 bits per heavy atom. The Labute approximate surface area is 117 Å². The summed E-state index contributed by atoms with van der Waals surface area (Å²) in [7, 11) is 0. The van der Waals surface area contributed by atoms with Gasteiger partial charge in [-0.15, -0.1) is 0 Å². The molecule has 1 aromatic rings. The van der Waals surface area contributed by atoms with Gasteiger partial charge in [-0.1, -0.05) is 23.7 Å². The van der Waals surface area contributed by atoms with Crippen molar-refractivity contribution in [1.82, 2.24) is 4.90 Å². The van der Waals surface area contributed by atoms with Crippen LogP contribution in [0.25, 0.3) is 0 Å². The third kappa shape index (κ3) is 2.46. The molecule has 2 aliphatic rings. The van der Waals surface area contributed by atoms with Gasteiger partial charge >= 0.3 is 0 Å². The Morgan fingerprint density at radius 1 is 1.16 bits per heavy atom. The molecule has 0 saturated carbocycles. The minimum atomic E-state index is -0.00501. The number of rotatable bonds is 2. The van der Waals surface area contributed by atoms with E-state index in [-0.39, 0.29) is 5.91 Å². The van der Waals surface area contributed by atoms with E-state index in [0.29, 0.717) is 11.6 Å². The van der Waals surface area contributed by atoms with Crippen LogP contribution in [0.5, 0.6) is 0 Å². The van der Waals surface area contributed by atoms with Gasteiger partial charge in [-0.05, 0) is 12.1 Å². The van der Waals surface area contributed by atoms with Gasteiger partial charge in [0, 0.05) is 24.9 Å². The van der Waals surface area contributed by atoms with E-state index in [9.17, 15) is 4.79 Å². The highest BCUT2D eigenvalue weighted by molar-refractivity contribution is 6.34. The van der Waals surface area contributed by atoms with Crippen molar-refractivity contribution in [2.24, 2.45) is 0 Å². The third-order valence-electron chi connectivity index (χ3n) is 3.44. The number of amides is 1. The van der Waals surface area contributed by atoms with E-state index >= 15 is 0 Å². The summed E-state index contributed by atoms with van der Waals surface area (Å²) in [5.74, 6) is -0.00501. The molecule has 1 amide bonds. The lowest BCUT2D eigenvalue weighted by molar-refractivity contribution is -0.113. The highest BCUT2D eigenvalue weighted by Crippen LogP contribution is 2.29. The normalized spacial score (nSPS) is 19.8. The molecule has 1 saturated heterocycles. The maximum atomic E-state index is 12.1. The standard InChI is InChI=1S/C14H15ClN2O2/c15-12-3-1-2-4-13(12)17-10-11(9-14(17)18)16-5-7-19-8-6-16/h1-4,9H,5-8,10H2. The van der Waals surface area contributed by atoms with E-state index in [2.05, 4.69) is 4.90 Å². The van der Waals surface area contributed by atoms with Crippen LogP contribution in [0, 0.1) is 0 Å². The van der Waals surface area contributed by atoms with E-state index in [1.165, 1.54) is 0 Å². The summed E-state index contributed by atoms with van der Waals surface area (Å²) in [4.78, 5) is 16.0. The van der Waals surface area contributed by atoms with Crippen molar-refractivity contribution < 1.29 is 9.53 Å². The Balaban J connectivity index is 1.78. The van der Waals surface area contributed by atoms with Crippen molar-refractivity contribution in [2.45, 2.75) is 0 Å². The fourth-order valence-corrected chi connectivity index (χ4v) is 2.66. The monoisotopic (exact) mass is 278 g/mol. The number of anilines is 1. The molecule has 0 spiro atoms. The predicted octanol–water partition coefficient (Wildman–Crippen LogP) is 1.90. The van der Waals surface area contributed by atoms with E-state index < -0.39 is 0 Å². The molecule has 3 rings (SSSR count). The first kappa shape index (κ1) is 12.5. The molecule has 4 nitrogen and oxygen atoms in total. The summed E-state index contributed by atoms with van der Waals surface area (Å²) < 4.78 is 5.33. The van der Waals surface area contributed by atoms with Crippen LogP contribution in [0.3, 0.4) is 0 Å². The molecule has 19 heavy (non-hydrogen) atoms. The first-order valence-electron chi connectivity index (χ1n) is 6.35. The summed E-state index contributed by atoms with van der Waals surface area (Å²) in [6, 6.07) is 7.43. The Morgan fingerprint density at radius 2 is 1.89 bits per heavy atom. The summed E-state index contributed by atoms with van der Waals surface area (Å²) in [5.41, 5.74) is 1.82. The van der Waals surface area contributed by atoms with Crippen molar-refractivity contribution in [3.63, 3.8) is 0 Å². The van der Waals surface area contributed by atoms with Gasteiger partial charge in [0.2, 0.25) is 0 Å². The molecular weight excluding hydrogens is 264 g/mol. The topological polar surface area (TPSA) is 32.8 Å².